The second-order valence-corrected chi connectivity index (χ2v) is 8.12. The van der Waals surface area contributed by atoms with Crippen molar-refractivity contribution in [3.05, 3.63) is 48.2 Å². The van der Waals surface area contributed by atoms with Gasteiger partial charge in [-0.25, -0.2) is 12.7 Å². The fourth-order valence-electron chi connectivity index (χ4n) is 2.49. The normalized spacial score (nSPS) is 15.1. The predicted molar refractivity (Wildman–Crippen MR) is 92.7 cm³/mol. The first-order valence-corrected chi connectivity index (χ1v) is 9.18. The van der Waals surface area contributed by atoms with Gasteiger partial charge in [0.15, 0.2) is 0 Å². The van der Waals surface area contributed by atoms with Gasteiger partial charge in [-0.3, -0.25) is 4.79 Å². The number of benzene rings is 1. The van der Waals surface area contributed by atoms with E-state index in [4.69, 9.17) is 0 Å². The first kappa shape index (κ1) is 17.3. The maximum absolute atomic E-state index is 12.4. The van der Waals surface area contributed by atoms with Crippen LogP contribution in [0.1, 0.15) is 10.4 Å². The molecule has 0 atom stereocenters. The highest BCUT2D eigenvalue weighted by Gasteiger charge is 2.31. The Morgan fingerprint density at radius 3 is 2.44 bits per heavy atom. The minimum Gasteiger partial charge on any atom is -0.362 e. The van der Waals surface area contributed by atoms with E-state index in [2.05, 4.69) is 15.5 Å². The van der Waals surface area contributed by atoms with Crippen LogP contribution in [0, 0.1) is 0 Å². The summed E-state index contributed by atoms with van der Waals surface area (Å²) in [5.41, 5.74) is 0.468. The molecule has 0 spiro atoms. The lowest BCUT2D eigenvalue weighted by Gasteiger charge is -2.39. The third kappa shape index (κ3) is 3.62. The number of anilines is 1. The van der Waals surface area contributed by atoms with Gasteiger partial charge in [-0.15, -0.1) is 5.10 Å². The van der Waals surface area contributed by atoms with Crippen LogP contribution in [0.25, 0.3) is 0 Å². The number of hydrogen-bond acceptors (Lipinski definition) is 6. The van der Waals surface area contributed by atoms with E-state index in [0.29, 0.717) is 24.5 Å². The monoisotopic (exact) mass is 361 g/mol. The Balaban J connectivity index is 1.60. The van der Waals surface area contributed by atoms with Gasteiger partial charge >= 0.3 is 0 Å². The quantitative estimate of drug-likeness (QED) is 0.841. The summed E-state index contributed by atoms with van der Waals surface area (Å²) in [7, 11) is -0.547. The average Bonchev–Trinajstić information content (AvgIpc) is 2.58. The molecule has 0 radical (unpaired) electrons. The molecule has 1 aliphatic heterocycles. The standard InChI is InChI=1S/C16H19N5O3S/c1-20(2)25(23,24)14-7-5-12(6-8-14)16(22)21-10-13(11-21)18-15-4-3-9-17-19-15/h3-9,13H,10-11H2,1-2H3,(H,18,19). The highest BCUT2D eigenvalue weighted by molar-refractivity contribution is 7.89. The molecule has 25 heavy (non-hydrogen) atoms. The fraction of sp³-hybridized carbons (Fsp3) is 0.312. The van der Waals surface area contributed by atoms with E-state index in [0.717, 1.165) is 4.31 Å². The van der Waals surface area contributed by atoms with Crippen molar-refractivity contribution in [1.29, 1.82) is 0 Å². The van der Waals surface area contributed by atoms with Crippen LogP contribution in [0.2, 0.25) is 0 Å². The second-order valence-electron chi connectivity index (χ2n) is 5.97. The molecule has 1 aromatic carbocycles. The van der Waals surface area contributed by atoms with Crippen molar-refractivity contribution < 1.29 is 13.2 Å². The van der Waals surface area contributed by atoms with Gasteiger partial charge in [-0.1, -0.05) is 0 Å². The van der Waals surface area contributed by atoms with Crippen LogP contribution < -0.4 is 5.32 Å². The van der Waals surface area contributed by atoms with Gasteiger partial charge in [0.25, 0.3) is 5.91 Å². The number of amides is 1. The number of carbonyl (C=O) groups is 1. The molecule has 9 heteroatoms. The van der Waals surface area contributed by atoms with Gasteiger partial charge < -0.3 is 10.2 Å². The highest BCUT2D eigenvalue weighted by Crippen LogP contribution is 2.19. The second kappa shape index (κ2) is 6.77. The number of hydrogen-bond donors (Lipinski definition) is 1. The predicted octanol–water partition coefficient (Wildman–Crippen LogP) is 0.663. The Morgan fingerprint density at radius 1 is 1.20 bits per heavy atom. The number of carbonyl (C=O) groups excluding carboxylic acids is 1. The van der Waals surface area contributed by atoms with Gasteiger partial charge in [0.2, 0.25) is 10.0 Å². The highest BCUT2D eigenvalue weighted by atomic mass is 32.2. The molecule has 8 nitrogen and oxygen atoms in total. The minimum atomic E-state index is -3.49. The minimum absolute atomic E-state index is 0.119. The first-order valence-electron chi connectivity index (χ1n) is 7.74. The van der Waals surface area contributed by atoms with Crippen molar-refractivity contribution in [3.63, 3.8) is 0 Å². The van der Waals surface area contributed by atoms with Crippen LogP contribution in [-0.2, 0) is 10.0 Å². The van der Waals surface area contributed by atoms with Crippen molar-refractivity contribution in [2.45, 2.75) is 10.9 Å². The summed E-state index contributed by atoms with van der Waals surface area (Å²) in [5.74, 6) is 0.559. The van der Waals surface area contributed by atoms with Crippen LogP contribution in [0.5, 0.6) is 0 Å². The molecule has 0 unspecified atom stereocenters. The summed E-state index contributed by atoms with van der Waals surface area (Å²) in [6.07, 6.45) is 1.60. The van der Waals surface area contributed by atoms with Crippen LogP contribution in [0.3, 0.4) is 0 Å². The van der Waals surface area contributed by atoms with E-state index in [1.807, 2.05) is 6.07 Å². The van der Waals surface area contributed by atoms with Crippen molar-refractivity contribution in [3.8, 4) is 0 Å². The molecule has 3 rings (SSSR count). The van der Waals surface area contributed by atoms with E-state index in [1.165, 1.54) is 26.2 Å². The molecular weight excluding hydrogens is 342 g/mol. The number of sulfonamides is 1. The topological polar surface area (TPSA) is 95.5 Å². The zero-order chi connectivity index (χ0) is 18.0. The zero-order valence-electron chi connectivity index (χ0n) is 14.0. The summed E-state index contributed by atoms with van der Waals surface area (Å²) in [6, 6.07) is 9.75. The van der Waals surface area contributed by atoms with Gasteiger partial charge in [-0.2, -0.15) is 5.10 Å². The molecule has 132 valence electrons. The van der Waals surface area contributed by atoms with Gasteiger partial charge in [-0.05, 0) is 36.4 Å². The first-order chi connectivity index (χ1) is 11.9. The molecule has 1 N–H and O–H groups in total. The van der Waals surface area contributed by atoms with E-state index in [1.54, 1.807) is 29.3 Å². The Hall–Kier alpha value is -2.52. The van der Waals surface area contributed by atoms with E-state index in [9.17, 15) is 13.2 Å². The Bertz CT molecular complexity index is 847. The lowest BCUT2D eigenvalue weighted by molar-refractivity contribution is 0.0625. The van der Waals surface area contributed by atoms with Gasteiger partial charge in [0.05, 0.1) is 10.9 Å². The Morgan fingerprint density at radius 2 is 1.88 bits per heavy atom. The molecule has 0 aliphatic carbocycles. The van der Waals surface area contributed by atoms with Crippen molar-refractivity contribution in [2.24, 2.45) is 0 Å². The van der Waals surface area contributed by atoms with Crippen LogP contribution in [0.4, 0.5) is 5.82 Å². The van der Waals surface area contributed by atoms with Crippen molar-refractivity contribution in [1.82, 2.24) is 19.4 Å². The maximum atomic E-state index is 12.4. The summed E-state index contributed by atoms with van der Waals surface area (Å²) in [4.78, 5) is 14.3. The number of rotatable bonds is 5. The molecule has 1 aliphatic rings. The SMILES string of the molecule is CN(C)S(=O)(=O)c1ccc(C(=O)N2CC(Nc3cccnn3)C2)cc1. The summed E-state index contributed by atoms with van der Waals surface area (Å²) in [6.45, 7) is 1.13. The van der Waals surface area contributed by atoms with Crippen molar-refractivity contribution in [2.75, 3.05) is 32.5 Å². The molecule has 1 amide bonds. The zero-order valence-corrected chi connectivity index (χ0v) is 14.8. The molecule has 1 fully saturated rings. The summed E-state index contributed by atoms with van der Waals surface area (Å²) >= 11 is 0. The van der Waals surface area contributed by atoms with Crippen LogP contribution in [-0.4, -0.2) is 67.0 Å². The lowest BCUT2D eigenvalue weighted by Crippen LogP contribution is -2.57. The van der Waals surface area contributed by atoms with Gasteiger partial charge in [0, 0.05) is 38.9 Å². The molecule has 1 aromatic heterocycles. The molecule has 2 aromatic rings. The Kier molecular flexibility index (Phi) is 4.69. The molecule has 2 heterocycles. The van der Waals surface area contributed by atoms with Crippen molar-refractivity contribution >= 4 is 21.7 Å². The third-order valence-electron chi connectivity index (χ3n) is 3.97. The number of likely N-dealkylation sites (tertiary alicyclic amines) is 1. The molecule has 1 saturated heterocycles. The lowest BCUT2D eigenvalue weighted by atomic mass is 10.1. The Labute approximate surface area is 146 Å². The smallest absolute Gasteiger partial charge is 0.253 e. The number of nitrogens with one attached hydrogen (secondary N) is 1. The molecule has 0 saturated carbocycles. The summed E-state index contributed by atoms with van der Waals surface area (Å²) in [5, 5.41) is 10.9. The number of nitrogens with zero attached hydrogens (tertiary/aromatic N) is 4. The van der Waals surface area contributed by atoms with Crippen LogP contribution in [0.15, 0.2) is 47.5 Å². The summed E-state index contributed by atoms with van der Waals surface area (Å²) < 4.78 is 25.2. The molecule has 0 bridgehead atoms. The average molecular weight is 361 g/mol. The molecular formula is C16H19N5O3S. The number of aromatic nitrogens is 2. The fourth-order valence-corrected chi connectivity index (χ4v) is 3.39. The van der Waals surface area contributed by atoms with E-state index >= 15 is 0 Å². The van der Waals surface area contributed by atoms with Crippen LogP contribution >= 0.6 is 0 Å². The largest absolute Gasteiger partial charge is 0.362 e. The maximum Gasteiger partial charge on any atom is 0.253 e. The van der Waals surface area contributed by atoms with E-state index < -0.39 is 10.0 Å². The van der Waals surface area contributed by atoms with E-state index in [-0.39, 0.29) is 16.8 Å². The van der Waals surface area contributed by atoms with Gasteiger partial charge in [0.1, 0.15) is 5.82 Å². The third-order valence-corrected chi connectivity index (χ3v) is 5.80.